The molecule has 4 N–H and O–H groups in total. The monoisotopic (exact) mass is 493 g/mol. The molecule has 1 aromatic carbocycles. The van der Waals surface area contributed by atoms with Gasteiger partial charge in [0.25, 0.3) is 10.0 Å². The fourth-order valence-electron chi connectivity index (χ4n) is 3.31. The maximum atomic E-state index is 14.5. The fourth-order valence-corrected chi connectivity index (χ4v) is 5.48. The highest BCUT2D eigenvalue weighted by Gasteiger charge is 2.23. The molecule has 2 heterocycles. The van der Waals surface area contributed by atoms with Crippen LogP contribution in [0.5, 0.6) is 0 Å². The first-order valence-corrected chi connectivity index (χ1v) is 12.8. The Morgan fingerprint density at radius 2 is 2.03 bits per heavy atom. The van der Waals surface area contributed by atoms with Gasteiger partial charge in [-0.3, -0.25) is 4.72 Å². The van der Waals surface area contributed by atoms with Gasteiger partial charge in [-0.15, -0.1) is 0 Å². The van der Waals surface area contributed by atoms with Crippen molar-refractivity contribution in [3.8, 4) is 0 Å². The van der Waals surface area contributed by atoms with Crippen LogP contribution in [0.4, 0.5) is 19.6 Å². The molecule has 0 spiro atoms. The molecule has 7 nitrogen and oxygen atoms in total. The highest BCUT2D eigenvalue weighted by molar-refractivity contribution is 7.93. The van der Waals surface area contributed by atoms with E-state index in [0.29, 0.717) is 29.6 Å². The number of nitrogens with zero attached hydrogens (tertiary/aromatic N) is 1. The standard InChI is InChI=1S/C19H26ClF2N5O2S2/c20-14-9-17(31(28,29)27-19-26-12-18(22)30-19)15(21)10-16(14)25-8-4-3-6-23-11-13-5-1-2-7-24-13/h9-10,12-13,23-25H,1-8,11H2,(H,26,27)/t13-/m1/s1. The van der Waals surface area contributed by atoms with Gasteiger partial charge in [0.1, 0.15) is 10.7 Å². The van der Waals surface area contributed by atoms with E-state index in [0.717, 1.165) is 50.8 Å². The van der Waals surface area contributed by atoms with Crippen LogP contribution in [-0.4, -0.2) is 45.6 Å². The average Bonchev–Trinajstić information content (AvgIpc) is 3.13. The third-order valence-corrected chi connectivity index (χ3v) is 7.41. The minimum atomic E-state index is -4.28. The maximum absolute atomic E-state index is 14.5. The van der Waals surface area contributed by atoms with Gasteiger partial charge in [-0.25, -0.2) is 17.8 Å². The first kappa shape index (κ1) is 24.1. The van der Waals surface area contributed by atoms with E-state index in [-0.39, 0.29) is 10.2 Å². The predicted octanol–water partition coefficient (Wildman–Crippen LogP) is 3.80. The summed E-state index contributed by atoms with van der Waals surface area (Å²) < 4.78 is 54.3. The summed E-state index contributed by atoms with van der Waals surface area (Å²) in [5.74, 6) is -0.960. The number of benzene rings is 1. The van der Waals surface area contributed by atoms with Crippen LogP contribution in [0.1, 0.15) is 32.1 Å². The highest BCUT2D eigenvalue weighted by atomic mass is 35.5. The molecule has 1 atom stereocenters. The fraction of sp³-hybridized carbons (Fsp3) is 0.526. The van der Waals surface area contributed by atoms with E-state index < -0.39 is 25.9 Å². The molecule has 31 heavy (non-hydrogen) atoms. The minimum absolute atomic E-state index is 0.0774. The van der Waals surface area contributed by atoms with E-state index >= 15 is 0 Å². The zero-order valence-electron chi connectivity index (χ0n) is 16.9. The van der Waals surface area contributed by atoms with Crippen molar-refractivity contribution in [1.82, 2.24) is 15.6 Å². The summed E-state index contributed by atoms with van der Waals surface area (Å²) in [4.78, 5) is 2.94. The van der Waals surface area contributed by atoms with Crippen LogP contribution in [0.3, 0.4) is 0 Å². The number of hydrogen-bond donors (Lipinski definition) is 4. The second-order valence-corrected chi connectivity index (χ2v) is 10.4. The van der Waals surface area contributed by atoms with Gasteiger partial charge in [0.15, 0.2) is 10.3 Å². The van der Waals surface area contributed by atoms with Crippen LogP contribution < -0.4 is 20.7 Å². The molecule has 0 radical (unpaired) electrons. The Balaban J connectivity index is 1.45. The summed E-state index contributed by atoms with van der Waals surface area (Å²) in [5.41, 5.74) is 0.317. The lowest BCUT2D eigenvalue weighted by molar-refractivity contribution is 0.383. The Morgan fingerprint density at radius 3 is 2.74 bits per heavy atom. The van der Waals surface area contributed by atoms with Crippen LogP contribution in [0.25, 0.3) is 0 Å². The van der Waals surface area contributed by atoms with Crippen LogP contribution in [0.2, 0.25) is 5.02 Å². The number of halogens is 3. The Morgan fingerprint density at radius 1 is 1.23 bits per heavy atom. The smallest absolute Gasteiger partial charge is 0.266 e. The van der Waals surface area contributed by atoms with E-state index in [1.165, 1.54) is 19.3 Å². The molecule has 3 rings (SSSR count). The Kier molecular flexibility index (Phi) is 8.85. The topological polar surface area (TPSA) is 95.2 Å². The lowest BCUT2D eigenvalue weighted by Crippen LogP contribution is -2.41. The number of rotatable bonds is 11. The summed E-state index contributed by atoms with van der Waals surface area (Å²) in [6, 6.07) is 2.63. The number of anilines is 2. The zero-order chi connectivity index (χ0) is 22.3. The van der Waals surface area contributed by atoms with Crippen molar-refractivity contribution in [3.05, 3.63) is 34.3 Å². The minimum Gasteiger partial charge on any atom is -0.384 e. The molecule has 1 aliphatic rings. The summed E-state index contributed by atoms with van der Waals surface area (Å²) in [6.45, 7) is 3.52. The second kappa shape index (κ2) is 11.4. The Bertz CT molecular complexity index is 968. The Labute approximate surface area is 190 Å². The van der Waals surface area contributed by atoms with Crippen LogP contribution in [-0.2, 0) is 10.0 Å². The molecular weight excluding hydrogens is 468 g/mol. The highest BCUT2D eigenvalue weighted by Crippen LogP contribution is 2.30. The van der Waals surface area contributed by atoms with Crippen LogP contribution >= 0.6 is 22.9 Å². The van der Waals surface area contributed by atoms with Crippen LogP contribution in [0.15, 0.2) is 23.2 Å². The molecule has 172 valence electrons. The summed E-state index contributed by atoms with van der Waals surface area (Å²) in [5, 5.41) is 9.20. The van der Waals surface area contributed by atoms with Crippen molar-refractivity contribution in [2.45, 2.75) is 43.0 Å². The molecule has 0 saturated carbocycles. The van der Waals surface area contributed by atoms with Gasteiger partial charge in [0, 0.05) is 19.1 Å². The lowest BCUT2D eigenvalue weighted by atomic mass is 10.1. The van der Waals surface area contributed by atoms with Gasteiger partial charge in [0.2, 0.25) is 0 Å². The molecule has 0 aliphatic carbocycles. The number of thiazole rings is 1. The van der Waals surface area contributed by atoms with E-state index in [4.69, 9.17) is 11.6 Å². The van der Waals surface area contributed by atoms with E-state index in [1.54, 1.807) is 0 Å². The first-order chi connectivity index (χ1) is 14.8. The molecule has 2 aromatic rings. The van der Waals surface area contributed by atoms with E-state index in [2.05, 4.69) is 20.9 Å². The van der Waals surface area contributed by atoms with Gasteiger partial charge in [-0.1, -0.05) is 29.4 Å². The van der Waals surface area contributed by atoms with E-state index in [1.807, 2.05) is 4.72 Å². The van der Waals surface area contributed by atoms with Crippen molar-refractivity contribution >= 4 is 43.8 Å². The number of hydrogen-bond acceptors (Lipinski definition) is 7. The predicted molar refractivity (Wildman–Crippen MR) is 121 cm³/mol. The molecule has 0 amide bonds. The third-order valence-electron chi connectivity index (χ3n) is 4.91. The van der Waals surface area contributed by atoms with Gasteiger partial charge < -0.3 is 16.0 Å². The van der Waals surface area contributed by atoms with Crippen molar-refractivity contribution in [2.75, 3.05) is 36.2 Å². The molecule has 0 bridgehead atoms. The average molecular weight is 494 g/mol. The number of piperidine rings is 1. The SMILES string of the molecule is O=S(=O)(Nc1ncc(F)s1)c1cc(Cl)c(NCCCCNC[C@H]2CCCCN2)cc1F. The summed E-state index contributed by atoms with van der Waals surface area (Å²) >= 11 is 6.65. The molecule has 1 aliphatic heterocycles. The summed E-state index contributed by atoms with van der Waals surface area (Å²) in [6.07, 6.45) is 6.41. The van der Waals surface area contributed by atoms with Crippen molar-refractivity contribution in [2.24, 2.45) is 0 Å². The Hall–Kier alpha value is -1.53. The molecule has 1 aromatic heterocycles. The van der Waals surface area contributed by atoms with Gasteiger partial charge in [0.05, 0.1) is 16.9 Å². The van der Waals surface area contributed by atoms with Gasteiger partial charge in [-0.05, 0) is 50.9 Å². The number of unbranched alkanes of at least 4 members (excludes halogenated alkanes) is 1. The number of sulfonamides is 1. The van der Waals surface area contributed by atoms with Crippen LogP contribution in [0, 0.1) is 10.9 Å². The molecule has 1 saturated heterocycles. The number of nitrogens with one attached hydrogen (secondary N) is 4. The number of aromatic nitrogens is 1. The molecule has 1 fully saturated rings. The van der Waals surface area contributed by atoms with Crippen molar-refractivity contribution < 1.29 is 17.2 Å². The second-order valence-electron chi connectivity index (χ2n) is 7.32. The maximum Gasteiger partial charge on any atom is 0.266 e. The quantitative estimate of drug-likeness (QED) is 0.356. The molecule has 0 unspecified atom stereocenters. The normalized spacial score (nSPS) is 16.9. The van der Waals surface area contributed by atoms with Gasteiger partial charge in [-0.2, -0.15) is 4.39 Å². The molecule has 12 heteroatoms. The zero-order valence-corrected chi connectivity index (χ0v) is 19.3. The summed E-state index contributed by atoms with van der Waals surface area (Å²) in [7, 11) is -4.28. The third kappa shape index (κ3) is 7.25. The first-order valence-electron chi connectivity index (χ1n) is 10.2. The van der Waals surface area contributed by atoms with Crippen molar-refractivity contribution in [3.63, 3.8) is 0 Å². The molecular formula is C19H26ClF2N5O2S2. The van der Waals surface area contributed by atoms with Gasteiger partial charge >= 0.3 is 0 Å². The lowest BCUT2D eigenvalue weighted by Gasteiger charge is -2.23. The van der Waals surface area contributed by atoms with E-state index in [9.17, 15) is 17.2 Å². The largest absolute Gasteiger partial charge is 0.384 e. The van der Waals surface area contributed by atoms with Crippen molar-refractivity contribution in [1.29, 1.82) is 0 Å².